The Morgan fingerprint density at radius 3 is 2.38 bits per heavy atom. The van der Waals surface area contributed by atoms with Crippen molar-refractivity contribution in [3.8, 4) is 5.75 Å². The maximum Gasteiger partial charge on any atom is 0.431 e. The number of carbonyl (C=O) groups is 1. The largest absolute Gasteiger partial charge is 0.431 e. The standard InChI is InChI=1S/C13H10F3N3O2/c14-13(15,16)9-6-7-11(17-8-9)18-19-12(20)21-10-4-2-1-3-5-10/h1-8H,(H,17,18)(H,19,20). The molecule has 8 heteroatoms. The number of para-hydroxylation sites is 1. The van der Waals surface area contributed by atoms with E-state index >= 15 is 0 Å². The van der Waals surface area contributed by atoms with Gasteiger partial charge in [-0.2, -0.15) is 13.2 Å². The number of hydrogen-bond acceptors (Lipinski definition) is 4. The number of anilines is 1. The fourth-order valence-corrected chi connectivity index (χ4v) is 1.37. The summed E-state index contributed by atoms with van der Waals surface area (Å²) in [6.07, 6.45) is -4.61. The number of nitrogens with zero attached hydrogens (tertiary/aromatic N) is 1. The second-order valence-corrected chi connectivity index (χ2v) is 3.88. The van der Waals surface area contributed by atoms with Crippen LogP contribution >= 0.6 is 0 Å². The molecule has 1 heterocycles. The first kappa shape index (κ1) is 14.6. The molecule has 0 aliphatic heterocycles. The van der Waals surface area contributed by atoms with E-state index in [2.05, 4.69) is 15.8 Å². The highest BCUT2D eigenvalue weighted by atomic mass is 19.4. The maximum atomic E-state index is 12.3. The van der Waals surface area contributed by atoms with Gasteiger partial charge in [-0.25, -0.2) is 15.2 Å². The van der Waals surface area contributed by atoms with E-state index in [4.69, 9.17) is 4.74 Å². The third-order valence-electron chi connectivity index (χ3n) is 2.34. The normalized spacial score (nSPS) is 10.8. The molecule has 2 N–H and O–H groups in total. The monoisotopic (exact) mass is 297 g/mol. The lowest BCUT2D eigenvalue weighted by Gasteiger charge is -2.09. The predicted octanol–water partition coefficient (Wildman–Crippen LogP) is 3.22. The van der Waals surface area contributed by atoms with Crippen molar-refractivity contribution < 1.29 is 22.7 Å². The number of ether oxygens (including phenoxy) is 1. The number of hydrogen-bond donors (Lipinski definition) is 2. The van der Waals surface area contributed by atoms with Gasteiger partial charge in [-0.05, 0) is 24.3 Å². The minimum Gasteiger partial charge on any atom is -0.409 e. The highest BCUT2D eigenvalue weighted by Gasteiger charge is 2.30. The zero-order valence-corrected chi connectivity index (χ0v) is 10.5. The van der Waals surface area contributed by atoms with Gasteiger partial charge in [0.2, 0.25) is 0 Å². The van der Waals surface area contributed by atoms with E-state index < -0.39 is 17.8 Å². The van der Waals surface area contributed by atoms with Gasteiger partial charge in [0.15, 0.2) is 0 Å². The molecule has 0 spiro atoms. The fraction of sp³-hybridized carbons (Fsp3) is 0.0769. The number of amides is 1. The molecule has 0 aliphatic carbocycles. The Balaban J connectivity index is 1.87. The highest BCUT2D eigenvalue weighted by molar-refractivity contribution is 5.71. The van der Waals surface area contributed by atoms with Gasteiger partial charge in [0.25, 0.3) is 0 Å². The first-order valence-electron chi connectivity index (χ1n) is 5.77. The number of halogens is 3. The lowest BCUT2D eigenvalue weighted by Crippen LogP contribution is -2.32. The lowest BCUT2D eigenvalue weighted by atomic mass is 10.3. The number of nitrogens with one attached hydrogen (secondary N) is 2. The van der Waals surface area contributed by atoms with Crippen LogP contribution in [0, 0.1) is 0 Å². The van der Waals surface area contributed by atoms with Gasteiger partial charge in [0.05, 0.1) is 5.56 Å². The molecule has 5 nitrogen and oxygen atoms in total. The van der Waals surface area contributed by atoms with Crippen molar-refractivity contribution in [3.63, 3.8) is 0 Å². The van der Waals surface area contributed by atoms with Gasteiger partial charge in [-0.1, -0.05) is 18.2 Å². The van der Waals surface area contributed by atoms with Gasteiger partial charge < -0.3 is 4.74 Å². The number of benzene rings is 1. The van der Waals surface area contributed by atoms with Crippen molar-refractivity contribution >= 4 is 11.9 Å². The average molecular weight is 297 g/mol. The summed E-state index contributed by atoms with van der Waals surface area (Å²) in [5, 5.41) is 0. The minimum absolute atomic E-state index is 0.0491. The summed E-state index contributed by atoms with van der Waals surface area (Å²) in [6, 6.07) is 10.2. The number of rotatable bonds is 3. The third-order valence-corrected chi connectivity index (χ3v) is 2.34. The average Bonchev–Trinajstić information content (AvgIpc) is 2.46. The number of aromatic nitrogens is 1. The number of alkyl halides is 3. The van der Waals surface area contributed by atoms with Crippen LogP contribution in [0.25, 0.3) is 0 Å². The van der Waals surface area contributed by atoms with Crippen LogP contribution in [0.5, 0.6) is 5.75 Å². The van der Waals surface area contributed by atoms with E-state index in [-0.39, 0.29) is 5.82 Å². The molecule has 0 saturated heterocycles. The molecular formula is C13H10F3N3O2. The van der Waals surface area contributed by atoms with Gasteiger partial charge in [0, 0.05) is 6.20 Å². The molecule has 2 aromatic rings. The molecule has 110 valence electrons. The zero-order chi connectivity index (χ0) is 15.3. The molecule has 0 aliphatic rings. The van der Waals surface area contributed by atoms with E-state index in [0.29, 0.717) is 11.9 Å². The Morgan fingerprint density at radius 1 is 1.10 bits per heavy atom. The van der Waals surface area contributed by atoms with Gasteiger partial charge in [-0.15, -0.1) is 0 Å². The van der Waals surface area contributed by atoms with Crippen molar-refractivity contribution in [1.82, 2.24) is 10.4 Å². The van der Waals surface area contributed by atoms with Crippen LogP contribution in [0.15, 0.2) is 48.7 Å². The van der Waals surface area contributed by atoms with E-state index in [1.165, 1.54) is 0 Å². The van der Waals surface area contributed by atoms with E-state index in [1.807, 2.05) is 0 Å². The Morgan fingerprint density at radius 2 is 1.81 bits per heavy atom. The molecule has 0 saturated carbocycles. The summed E-state index contributed by atoms with van der Waals surface area (Å²) < 4.78 is 41.9. The molecular weight excluding hydrogens is 287 g/mol. The summed E-state index contributed by atoms with van der Waals surface area (Å²) in [4.78, 5) is 14.9. The molecule has 2 rings (SSSR count). The first-order valence-corrected chi connectivity index (χ1v) is 5.77. The molecule has 21 heavy (non-hydrogen) atoms. The Hall–Kier alpha value is -2.77. The Labute approximate surface area is 117 Å². The van der Waals surface area contributed by atoms with E-state index in [9.17, 15) is 18.0 Å². The third kappa shape index (κ3) is 4.37. The van der Waals surface area contributed by atoms with Gasteiger partial charge in [-0.3, -0.25) is 5.43 Å². The van der Waals surface area contributed by atoms with Crippen molar-refractivity contribution in [2.45, 2.75) is 6.18 Å². The van der Waals surface area contributed by atoms with Crippen LogP contribution < -0.4 is 15.6 Å². The van der Waals surface area contributed by atoms with Crippen LogP contribution in [0.2, 0.25) is 0 Å². The molecule has 0 atom stereocenters. The maximum absolute atomic E-state index is 12.3. The highest BCUT2D eigenvalue weighted by Crippen LogP contribution is 2.28. The molecule has 0 unspecified atom stereocenters. The first-order chi connectivity index (χ1) is 9.95. The minimum atomic E-state index is -4.45. The summed E-state index contributed by atoms with van der Waals surface area (Å²) in [7, 11) is 0. The van der Waals surface area contributed by atoms with Crippen LogP contribution in [-0.2, 0) is 6.18 Å². The number of pyridine rings is 1. The van der Waals surface area contributed by atoms with Gasteiger partial charge in [0.1, 0.15) is 11.6 Å². The molecule has 1 aromatic heterocycles. The number of hydrazine groups is 1. The van der Waals surface area contributed by atoms with Crippen LogP contribution in [0.4, 0.5) is 23.8 Å². The topological polar surface area (TPSA) is 63.2 Å². The van der Waals surface area contributed by atoms with E-state index in [0.717, 1.165) is 12.1 Å². The predicted molar refractivity (Wildman–Crippen MR) is 68.5 cm³/mol. The van der Waals surface area contributed by atoms with Crippen molar-refractivity contribution in [2.75, 3.05) is 5.43 Å². The second-order valence-electron chi connectivity index (χ2n) is 3.88. The lowest BCUT2D eigenvalue weighted by molar-refractivity contribution is -0.137. The molecule has 0 radical (unpaired) electrons. The fourth-order valence-electron chi connectivity index (χ4n) is 1.37. The summed E-state index contributed by atoms with van der Waals surface area (Å²) in [5.41, 5.74) is 3.62. The van der Waals surface area contributed by atoms with Crippen LogP contribution in [0.1, 0.15) is 5.56 Å². The van der Waals surface area contributed by atoms with Gasteiger partial charge >= 0.3 is 12.3 Å². The zero-order valence-electron chi connectivity index (χ0n) is 10.5. The number of carbonyl (C=O) groups excluding carboxylic acids is 1. The Bertz CT molecular complexity index is 600. The second kappa shape index (κ2) is 6.12. The van der Waals surface area contributed by atoms with Crippen LogP contribution in [-0.4, -0.2) is 11.1 Å². The molecule has 0 fully saturated rings. The summed E-state index contributed by atoms with van der Waals surface area (Å²) >= 11 is 0. The van der Waals surface area contributed by atoms with Crippen molar-refractivity contribution in [1.29, 1.82) is 0 Å². The Kier molecular flexibility index (Phi) is 4.27. The van der Waals surface area contributed by atoms with Crippen molar-refractivity contribution in [2.24, 2.45) is 0 Å². The quantitative estimate of drug-likeness (QED) is 0.854. The van der Waals surface area contributed by atoms with Crippen molar-refractivity contribution in [3.05, 3.63) is 54.2 Å². The van der Waals surface area contributed by atoms with E-state index in [1.54, 1.807) is 30.3 Å². The summed E-state index contributed by atoms with van der Waals surface area (Å²) in [6.45, 7) is 0. The smallest absolute Gasteiger partial charge is 0.409 e. The van der Waals surface area contributed by atoms with Crippen LogP contribution in [0.3, 0.4) is 0 Å². The SMILES string of the molecule is O=C(NNc1ccc(C(F)(F)F)cn1)Oc1ccccc1. The molecule has 0 bridgehead atoms. The summed E-state index contributed by atoms with van der Waals surface area (Å²) in [5.74, 6) is 0.380. The molecule has 1 aromatic carbocycles. The molecule has 1 amide bonds.